The molecule has 2 rings (SSSR count). The van der Waals surface area contributed by atoms with Crippen molar-refractivity contribution >= 4 is 23.2 Å². The van der Waals surface area contributed by atoms with Crippen LogP contribution in [0.2, 0.25) is 0 Å². The number of hydrogen-bond donors (Lipinski definition) is 3. The van der Waals surface area contributed by atoms with Crippen LogP contribution in [0.4, 0.5) is 0 Å². The Balaban J connectivity index is 2.06. The highest BCUT2D eigenvalue weighted by molar-refractivity contribution is 7.15. The van der Waals surface area contributed by atoms with Crippen LogP contribution in [0.3, 0.4) is 0 Å². The molecule has 0 saturated carbocycles. The number of rotatable bonds is 4. The minimum absolute atomic E-state index is 0.0890. The molecule has 3 N–H and O–H groups in total. The molecule has 0 radical (unpaired) electrons. The van der Waals surface area contributed by atoms with E-state index >= 15 is 0 Å². The molecule has 1 aromatic heterocycles. The van der Waals surface area contributed by atoms with Gasteiger partial charge in [0, 0.05) is 0 Å². The molecule has 0 unspecified atom stereocenters. The van der Waals surface area contributed by atoms with Gasteiger partial charge in [0.2, 0.25) is 0 Å². The largest absolute Gasteiger partial charge is 0.345 e. The molecule has 2 aromatic rings. The van der Waals surface area contributed by atoms with Crippen LogP contribution in [-0.4, -0.2) is 17.0 Å². The lowest BCUT2D eigenvalue weighted by atomic mass is 9.86. The molecule has 0 fully saturated rings. The van der Waals surface area contributed by atoms with Gasteiger partial charge in [-0.1, -0.05) is 45.0 Å². The average molecular weight is 346 g/mol. The zero-order chi connectivity index (χ0) is 17.9. The quantitative estimate of drug-likeness (QED) is 0.584. The first kappa shape index (κ1) is 18.2. The fourth-order valence-corrected chi connectivity index (χ4v) is 3.06. The molecule has 0 aliphatic carbocycles. The van der Waals surface area contributed by atoms with Gasteiger partial charge in [0.1, 0.15) is 0 Å². The van der Waals surface area contributed by atoms with Gasteiger partial charge in [-0.25, -0.2) is 5.48 Å². The molecule has 128 valence electrons. The topological polar surface area (TPSA) is 78.4 Å². The highest BCUT2D eigenvalue weighted by Crippen LogP contribution is 2.24. The van der Waals surface area contributed by atoms with Crippen molar-refractivity contribution in [1.82, 2.24) is 10.8 Å². The van der Waals surface area contributed by atoms with Crippen molar-refractivity contribution in [3.8, 4) is 0 Å². The fraction of sp³-hybridized carbons (Fsp3) is 0.333. The minimum atomic E-state index is -0.620. The molecule has 24 heavy (non-hydrogen) atoms. The van der Waals surface area contributed by atoms with Crippen LogP contribution in [0.1, 0.15) is 64.2 Å². The number of nitrogens with one attached hydrogen (secondary N) is 2. The van der Waals surface area contributed by atoms with Gasteiger partial charge in [0.25, 0.3) is 11.8 Å². The second kappa shape index (κ2) is 7.15. The van der Waals surface area contributed by atoms with Crippen LogP contribution in [0.25, 0.3) is 0 Å². The van der Waals surface area contributed by atoms with E-state index in [-0.39, 0.29) is 22.2 Å². The maximum absolute atomic E-state index is 12.3. The fourth-order valence-electron chi connectivity index (χ4n) is 2.26. The van der Waals surface area contributed by atoms with E-state index in [2.05, 4.69) is 38.2 Å². The standard InChI is InChI=1S/C18H22N2O3S/c1-11(12-5-7-13(8-6-12)18(2,3)4)19-16(21)14-9-10-15(24-14)17(22)20-23/h5-11,23H,1-4H3,(H,19,21)(H,20,22)/t11-/m1/s1. The third-order valence-corrected chi connectivity index (χ3v) is 4.86. The maximum Gasteiger partial charge on any atom is 0.284 e. The number of hydroxylamine groups is 1. The van der Waals surface area contributed by atoms with Crippen molar-refractivity contribution in [3.05, 3.63) is 57.3 Å². The molecule has 2 amide bonds. The Bertz CT molecular complexity index is 729. The summed E-state index contributed by atoms with van der Waals surface area (Å²) in [4.78, 5) is 24.3. The first-order valence-electron chi connectivity index (χ1n) is 7.68. The molecule has 0 aliphatic heterocycles. The number of amides is 2. The molecule has 1 heterocycles. The SMILES string of the molecule is C[C@@H](NC(=O)c1ccc(C(=O)NO)s1)c1ccc(C(C)(C)C)cc1. The third kappa shape index (κ3) is 4.21. The summed E-state index contributed by atoms with van der Waals surface area (Å²) in [5.41, 5.74) is 3.90. The average Bonchev–Trinajstić information content (AvgIpc) is 3.03. The van der Waals surface area contributed by atoms with E-state index in [1.165, 1.54) is 11.6 Å². The number of carbonyl (C=O) groups excluding carboxylic acids is 2. The van der Waals surface area contributed by atoms with Crippen LogP contribution < -0.4 is 10.8 Å². The van der Waals surface area contributed by atoms with Crippen LogP contribution in [0.5, 0.6) is 0 Å². The minimum Gasteiger partial charge on any atom is -0.345 e. The van der Waals surface area contributed by atoms with E-state index in [0.717, 1.165) is 16.9 Å². The lowest BCUT2D eigenvalue weighted by Gasteiger charge is -2.20. The Hall–Kier alpha value is -2.18. The van der Waals surface area contributed by atoms with Crippen molar-refractivity contribution in [2.45, 2.75) is 39.2 Å². The Morgan fingerprint density at radius 1 is 1.00 bits per heavy atom. The van der Waals surface area contributed by atoms with E-state index in [1.807, 2.05) is 19.1 Å². The van der Waals surface area contributed by atoms with Crippen molar-refractivity contribution < 1.29 is 14.8 Å². The summed E-state index contributed by atoms with van der Waals surface area (Å²) in [6.45, 7) is 8.39. The van der Waals surface area contributed by atoms with E-state index < -0.39 is 5.91 Å². The van der Waals surface area contributed by atoms with Crippen LogP contribution >= 0.6 is 11.3 Å². The summed E-state index contributed by atoms with van der Waals surface area (Å²) in [5, 5.41) is 11.5. The number of carbonyl (C=O) groups is 2. The smallest absolute Gasteiger partial charge is 0.284 e. The predicted molar refractivity (Wildman–Crippen MR) is 94.6 cm³/mol. The van der Waals surface area contributed by atoms with Gasteiger partial charge in [-0.05, 0) is 35.6 Å². The van der Waals surface area contributed by atoms with Crippen molar-refractivity contribution in [3.63, 3.8) is 0 Å². The molecule has 0 bridgehead atoms. The van der Waals surface area contributed by atoms with Gasteiger partial charge in [-0.15, -0.1) is 11.3 Å². The van der Waals surface area contributed by atoms with Gasteiger partial charge in [-0.2, -0.15) is 0 Å². The molecule has 1 atom stereocenters. The van der Waals surface area contributed by atoms with Gasteiger partial charge in [0.15, 0.2) is 0 Å². The number of thiophene rings is 1. The number of benzene rings is 1. The normalized spacial score (nSPS) is 12.5. The van der Waals surface area contributed by atoms with E-state index in [4.69, 9.17) is 5.21 Å². The van der Waals surface area contributed by atoms with E-state index in [9.17, 15) is 9.59 Å². The third-order valence-electron chi connectivity index (χ3n) is 3.78. The molecule has 6 heteroatoms. The predicted octanol–water partition coefficient (Wildman–Crippen LogP) is 3.66. The van der Waals surface area contributed by atoms with Crippen LogP contribution in [-0.2, 0) is 5.41 Å². The summed E-state index contributed by atoms with van der Waals surface area (Å²) >= 11 is 1.03. The summed E-state index contributed by atoms with van der Waals surface area (Å²) in [6.07, 6.45) is 0. The second-order valence-corrected chi connectivity index (χ2v) is 7.76. The maximum atomic E-state index is 12.3. The number of hydrogen-bond acceptors (Lipinski definition) is 4. The highest BCUT2D eigenvalue weighted by Gasteiger charge is 2.17. The van der Waals surface area contributed by atoms with Crippen molar-refractivity contribution in [1.29, 1.82) is 0 Å². The monoisotopic (exact) mass is 346 g/mol. The first-order valence-corrected chi connectivity index (χ1v) is 8.49. The second-order valence-electron chi connectivity index (χ2n) is 6.67. The van der Waals surface area contributed by atoms with Crippen molar-refractivity contribution in [2.75, 3.05) is 0 Å². The van der Waals surface area contributed by atoms with E-state index in [1.54, 1.807) is 11.5 Å². The zero-order valence-electron chi connectivity index (χ0n) is 14.2. The van der Waals surface area contributed by atoms with Crippen LogP contribution in [0, 0.1) is 0 Å². The van der Waals surface area contributed by atoms with Gasteiger partial charge >= 0.3 is 0 Å². The lowest BCUT2D eigenvalue weighted by molar-refractivity contribution is 0.0711. The Morgan fingerprint density at radius 3 is 2.04 bits per heavy atom. The van der Waals surface area contributed by atoms with Gasteiger partial charge in [0.05, 0.1) is 15.8 Å². The summed E-state index contributed by atoms with van der Waals surface area (Å²) in [5.74, 6) is -0.866. The molecular weight excluding hydrogens is 324 g/mol. The molecular formula is C18H22N2O3S. The van der Waals surface area contributed by atoms with Gasteiger partial charge in [-0.3, -0.25) is 14.8 Å². The zero-order valence-corrected chi connectivity index (χ0v) is 15.0. The van der Waals surface area contributed by atoms with Crippen molar-refractivity contribution in [2.24, 2.45) is 0 Å². The first-order chi connectivity index (χ1) is 11.2. The van der Waals surface area contributed by atoms with Crippen LogP contribution in [0.15, 0.2) is 36.4 Å². The highest BCUT2D eigenvalue weighted by atomic mass is 32.1. The Kier molecular flexibility index (Phi) is 5.41. The summed E-state index contributed by atoms with van der Waals surface area (Å²) < 4.78 is 0. The Morgan fingerprint density at radius 2 is 1.54 bits per heavy atom. The van der Waals surface area contributed by atoms with Gasteiger partial charge < -0.3 is 5.32 Å². The Labute approximate surface area is 145 Å². The molecule has 0 spiro atoms. The molecule has 0 saturated heterocycles. The molecule has 0 aliphatic rings. The summed E-state index contributed by atoms with van der Waals surface area (Å²) in [7, 11) is 0. The molecule has 5 nitrogen and oxygen atoms in total. The molecule has 1 aromatic carbocycles. The summed E-state index contributed by atoms with van der Waals surface area (Å²) in [6, 6.07) is 11.1. The van der Waals surface area contributed by atoms with E-state index in [0.29, 0.717) is 4.88 Å². The lowest BCUT2D eigenvalue weighted by Crippen LogP contribution is -2.26.